The smallest absolute Gasteiger partial charge is 0.224 e. The molecule has 0 aromatic heterocycles. The number of hydrogen-bond acceptors (Lipinski definition) is 3. The van der Waals surface area contributed by atoms with Crippen LogP contribution in [0.2, 0.25) is 0 Å². The molecule has 0 aliphatic rings. The molecule has 0 aliphatic heterocycles. The van der Waals surface area contributed by atoms with Crippen molar-refractivity contribution >= 4 is 5.91 Å². The Balaban J connectivity index is 2.30. The molecule has 4 heteroatoms. The van der Waals surface area contributed by atoms with Crippen LogP contribution in [-0.2, 0) is 16.0 Å². The Bertz CT molecular complexity index is 446. The van der Waals surface area contributed by atoms with E-state index >= 15 is 0 Å². The number of benzene rings is 1. The number of rotatable bonds is 8. The van der Waals surface area contributed by atoms with Gasteiger partial charge in [0, 0.05) is 13.2 Å². The van der Waals surface area contributed by atoms with E-state index in [1.807, 2.05) is 58.9 Å². The van der Waals surface area contributed by atoms with Crippen molar-refractivity contribution in [2.75, 3.05) is 13.2 Å². The topological polar surface area (TPSA) is 47.6 Å². The second-order valence-electron chi connectivity index (χ2n) is 6.66. The summed E-state index contributed by atoms with van der Waals surface area (Å²) < 4.78 is 11.2. The molecule has 0 fully saturated rings. The number of carbonyl (C=O) groups is 1. The summed E-state index contributed by atoms with van der Waals surface area (Å²) >= 11 is 0. The Morgan fingerprint density at radius 3 is 2.36 bits per heavy atom. The molecule has 124 valence electrons. The van der Waals surface area contributed by atoms with Crippen molar-refractivity contribution in [2.24, 2.45) is 0 Å². The second-order valence-corrected chi connectivity index (χ2v) is 6.66. The fraction of sp³-hybridized carbons (Fsp3) is 0.611. The van der Waals surface area contributed by atoms with Gasteiger partial charge in [-0.05, 0) is 58.7 Å². The zero-order valence-electron chi connectivity index (χ0n) is 14.4. The van der Waals surface area contributed by atoms with Crippen LogP contribution in [0, 0.1) is 0 Å². The average Bonchev–Trinajstić information content (AvgIpc) is 2.38. The van der Waals surface area contributed by atoms with Crippen molar-refractivity contribution in [3.63, 3.8) is 0 Å². The molecule has 1 rings (SSSR count). The highest BCUT2D eigenvalue weighted by Crippen LogP contribution is 2.18. The lowest BCUT2D eigenvalue weighted by Crippen LogP contribution is -2.27. The number of hydrogen-bond donors (Lipinski definition) is 1. The Morgan fingerprint density at radius 2 is 1.82 bits per heavy atom. The molecule has 4 nitrogen and oxygen atoms in total. The lowest BCUT2D eigenvalue weighted by Gasteiger charge is -2.21. The maximum absolute atomic E-state index is 11.8. The van der Waals surface area contributed by atoms with Gasteiger partial charge in [-0.1, -0.05) is 12.1 Å². The van der Waals surface area contributed by atoms with Gasteiger partial charge in [0.05, 0.1) is 12.5 Å². The van der Waals surface area contributed by atoms with Crippen LogP contribution < -0.4 is 10.1 Å². The molecule has 1 N–H and O–H groups in total. The molecule has 0 atom stereocenters. The van der Waals surface area contributed by atoms with Crippen molar-refractivity contribution in [3.05, 3.63) is 29.8 Å². The molecule has 0 radical (unpaired) electrons. The highest BCUT2D eigenvalue weighted by atomic mass is 16.5. The number of ether oxygens (including phenoxy) is 2. The van der Waals surface area contributed by atoms with Crippen LogP contribution in [0.25, 0.3) is 0 Å². The van der Waals surface area contributed by atoms with E-state index < -0.39 is 0 Å². The summed E-state index contributed by atoms with van der Waals surface area (Å²) in [6.07, 6.45) is 1.47. The molecular weight excluding hydrogens is 278 g/mol. The predicted molar refractivity (Wildman–Crippen MR) is 89.2 cm³/mol. The molecule has 0 spiro atoms. The molecule has 0 saturated carbocycles. The molecular formula is C18H29NO3. The van der Waals surface area contributed by atoms with Gasteiger partial charge >= 0.3 is 0 Å². The van der Waals surface area contributed by atoms with Crippen LogP contribution in [-0.4, -0.2) is 30.8 Å². The van der Waals surface area contributed by atoms with E-state index in [0.717, 1.165) is 17.7 Å². The van der Waals surface area contributed by atoms with Crippen LogP contribution in [0.3, 0.4) is 0 Å². The quantitative estimate of drug-likeness (QED) is 0.749. The van der Waals surface area contributed by atoms with Gasteiger partial charge in [0.15, 0.2) is 0 Å². The largest absolute Gasteiger partial charge is 0.488 e. The summed E-state index contributed by atoms with van der Waals surface area (Å²) in [7, 11) is 0. The van der Waals surface area contributed by atoms with Gasteiger partial charge in [-0.2, -0.15) is 0 Å². The van der Waals surface area contributed by atoms with Crippen LogP contribution in [0.4, 0.5) is 0 Å². The fourth-order valence-electron chi connectivity index (χ4n) is 1.90. The molecule has 1 aromatic rings. The Hall–Kier alpha value is -1.55. The van der Waals surface area contributed by atoms with Crippen molar-refractivity contribution in [3.8, 4) is 5.75 Å². The van der Waals surface area contributed by atoms with Gasteiger partial charge in [-0.3, -0.25) is 4.79 Å². The highest BCUT2D eigenvalue weighted by molar-refractivity contribution is 5.78. The van der Waals surface area contributed by atoms with Crippen molar-refractivity contribution in [2.45, 2.75) is 59.2 Å². The van der Waals surface area contributed by atoms with Crippen LogP contribution in [0.1, 0.15) is 46.6 Å². The van der Waals surface area contributed by atoms with E-state index in [4.69, 9.17) is 9.47 Å². The number of nitrogens with one attached hydrogen (secondary N) is 1. The Kier molecular flexibility index (Phi) is 7.39. The maximum atomic E-state index is 11.8. The monoisotopic (exact) mass is 307 g/mol. The number of amides is 1. The van der Waals surface area contributed by atoms with Gasteiger partial charge in [0.1, 0.15) is 11.4 Å². The number of carbonyl (C=O) groups excluding carboxylic acids is 1. The minimum atomic E-state index is -0.211. The Morgan fingerprint density at radius 1 is 1.18 bits per heavy atom. The molecule has 0 bridgehead atoms. The normalized spacial score (nSPS) is 11.5. The summed E-state index contributed by atoms with van der Waals surface area (Å²) in [5.74, 6) is 0.858. The first-order valence-corrected chi connectivity index (χ1v) is 7.92. The zero-order chi connectivity index (χ0) is 16.6. The summed E-state index contributed by atoms with van der Waals surface area (Å²) in [6, 6.07) is 7.68. The van der Waals surface area contributed by atoms with Crippen molar-refractivity contribution in [1.82, 2.24) is 5.32 Å². The van der Waals surface area contributed by atoms with Crippen LogP contribution in [0.5, 0.6) is 5.75 Å². The average molecular weight is 307 g/mol. The summed E-state index contributed by atoms with van der Waals surface area (Å²) in [4.78, 5) is 11.8. The second kappa shape index (κ2) is 8.79. The van der Waals surface area contributed by atoms with E-state index in [0.29, 0.717) is 19.6 Å². The fourth-order valence-corrected chi connectivity index (χ4v) is 1.90. The van der Waals surface area contributed by atoms with Crippen molar-refractivity contribution in [1.29, 1.82) is 0 Å². The lowest BCUT2D eigenvalue weighted by atomic mass is 10.1. The van der Waals surface area contributed by atoms with E-state index in [2.05, 4.69) is 5.32 Å². The predicted octanol–water partition coefficient (Wildman–Crippen LogP) is 3.34. The standard InChI is InChI=1S/C18H29NO3/c1-14(2)21-12-6-11-19-17(20)13-15-7-9-16(10-8-15)22-18(3,4)5/h7-10,14H,6,11-13H2,1-5H3,(H,19,20). The van der Waals surface area contributed by atoms with E-state index in [9.17, 15) is 4.79 Å². The molecule has 0 heterocycles. The molecule has 1 amide bonds. The third kappa shape index (κ3) is 8.67. The third-order valence-corrected chi connectivity index (χ3v) is 2.81. The minimum absolute atomic E-state index is 0.0361. The van der Waals surface area contributed by atoms with E-state index in [1.54, 1.807) is 0 Å². The summed E-state index contributed by atoms with van der Waals surface area (Å²) in [5.41, 5.74) is 0.772. The van der Waals surface area contributed by atoms with Gasteiger partial charge < -0.3 is 14.8 Å². The third-order valence-electron chi connectivity index (χ3n) is 2.81. The lowest BCUT2D eigenvalue weighted by molar-refractivity contribution is -0.120. The molecule has 22 heavy (non-hydrogen) atoms. The minimum Gasteiger partial charge on any atom is -0.488 e. The SMILES string of the molecule is CC(C)OCCCNC(=O)Cc1ccc(OC(C)(C)C)cc1. The molecule has 0 saturated heterocycles. The summed E-state index contributed by atoms with van der Waals surface area (Å²) in [6.45, 7) is 11.4. The molecule has 0 aliphatic carbocycles. The zero-order valence-corrected chi connectivity index (χ0v) is 14.4. The van der Waals surface area contributed by atoms with Crippen molar-refractivity contribution < 1.29 is 14.3 Å². The maximum Gasteiger partial charge on any atom is 0.224 e. The van der Waals surface area contributed by atoms with E-state index in [-0.39, 0.29) is 17.6 Å². The van der Waals surface area contributed by atoms with Gasteiger partial charge in [-0.15, -0.1) is 0 Å². The van der Waals surface area contributed by atoms with Gasteiger partial charge in [-0.25, -0.2) is 0 Å². The molecule has 0 unspecified atom stereocenters. The van der Waals surface area contributed by atoms with Gasteiger partial charge in [0.2, 0.25) is 5.91 Å². The van der Waals surface area contributed by atoms with Crippen LogP contribution >= 0.6 is 0 Å². The van der Waals surface area contributed by atoms with Crippen LogP contribution in [0.15, 0.2) is 24.3 Å². The first-order valence-electron chi connectivity index (χ1n) is 7.92. The summed E-state index contributed by atoms with van der Waals surface area (Å²) in [5, 5.41) is 2.91. The molecule has 1 aromatic carbocycles. The Labute approximate surface area is 134 Å². The highest BCUT2D eigenvalue weighted by Gasteiger charge is 2.11. The van der Waals surface area contributed by atoms with Gasteiger partial charge in [0.25, 0.3) is 0 Å². The first kappa shape index (κ1) is 18.5. The first-order chi connectivity index (χ1) is 10.3. The van der Waals surface area contributed by atoms with E-state index in [1.165, 1.54) is 0 Å².